The summed E-state index contributed by atoms with van der Waals surface area (Å²) in [5.74, 6) is 1.99. The maximum Gasteiger partial charge on any atom is 0.226 e. The number of hydrogen-bond donors (Lipinski definition) is 0. The number of hydrogen-bond acceptors (Lipinski definition) is 5. The third-order valence-electron chi connectivity index (χ3n) is 3.66. The predicted molar refractivity (Wildman–Crippen MR) is 89.8 cm³/mol. The Morgan fingerprint density at radius 2 is 2.17 bits per heavy atom. The van der Waals surface area contributed by atoms with Crippen LogP contribution in [0.25, 0.3) is 0 Å². The van der Waals surface area contributed by atoms with Crippen molar-refractivity contribution in [3.8, 4) is 0 Å². The third-order valence-corrected chi connectivity index (χ3v) is 3.66. The number of aryl methyl sites for hydroxylation is 1. The molecule has 0 unspecified atom stereocenters. The number of aromatic nitrogens is 4. The standard InChI is InChI=1S/C17H27N5O/c1-6-8-22-11-15(14(5)19-22)10-21(7-2)12-16-18-17(23-20-16)9-13(3)4/h6,11,13H,1,7-10,12H2,2-5H3. The first kappa shape index (κ1) is 17.4. The van der Waals surface area contributed by atoms with Crippen LogP contribution in [0.1, 0.15) is 43.7 Å². The van der Waals surface area contributed by atoms with E-state index in [1.165, 1.54) is 5.56 Å². The van der Waals surface area contributed by atoms with Gasteiger partial charge in [-0.05, 0) is 19.4 Å². The van der Waals surface area contributed by atoms with Gasteiger partial charge in [-0.1, -0.05) is 32.0 Å². The van der Waals surface area contributed by atoms with Crippen LogP contribution < -0.4 is 0 Å². The highest BCUT2D eigenvalue weighted by Gasteiger charge is 2.14. The van der Waals surface area contributed by atoms with Gasteiger partial charge in [-0.3, -0.25) is 9.58 Å². The molecule has 0 spiro atoms. The Morgan fingerprint density at radius 3 is 2.83 bits per heavy atom. The second kappa shape index (κ2) is 8.06. The molecule has 0 amide bonds. The van der Waals surface area contributed by atoms with Crippen LogP contribution in [-0.2, 0) is 26.1 Å². The molecule has 0 bridgehead atoms. The zero-order valence-electron chi connectivity index (χ0n) is 14.6. The second-order valence-corrected chi connectivity index (χ2v) is 6.26. The van der Waals surface area contributed by atoms with Crippen molar-refractivity contribution in [3.05, 3.63) is 41.8 Å². The van der Waals surface area contributed by atoms with Crippen LogP contribution in [0.4, 0.5) is 0 Å². The van der Waals surface area contributed by atoms with E-state index >= 15 is 0 Å². The van der Waals surface area contributed by atoms with Crippen LogP contribution in [0, 0.1) is 12.8 Å². The summed E-state index contributed by atoms with van der Waals surface area (Å²) in [7, 11) is 0. The van der Waals surface area contributed by atoms with Gasteiger partial charge in [0.15, 0.2) is 5.82 Å². The van der Waals surface area contributed by atoms with Gasteiger partial charge in [0.1, 0.15) is 0 Å². The molecule has 6 nitrogen and oxygen atoms in total. The average Bonchev–Trinajstić information content (AvgIpc) is 3.05. The Balaban J connectivity index is 1.99. The Labute approximate surface area is 138 Å². The van der Waals surface area contributed by atoms with Gasteiger partial charge in [0.25, 0.3) is 0 Å². The highest BCUT2D eigenvalue weighted by Crippen LogP contribution is 2.12. The molecule has 0 saturated carbocycles. The number of nitrogens with zero attached hydrogens (tertiary/aromatic N) is 5. The van der Waals surface area contributed by atoms with Crippen LogP contribution in [-0.4, -0.2) is 31.4 Å². The summed E-state index contributed by atoms with van der Waals surface area (Å²) < 4.78 is 7.23. The Morgan fingerprint density at radius 1 is 1.39 bits per heavy atom. The molecule has 0 aliphatic carbocycles. The average molecular weight is 317 g/mol. The maximum atomic E-state index is 5.32. The van der Waals surface area contributed by atoms with Crippen molar-refractivity contribution >= 4 is 0 Å². The quantitative estimate of drug-likeness (QED) is 0.665. The molecule has 0 N–H and O–H groups in total. The fourth-order valence-electron chi connectivity index (χ4n) is 2.45. The SMILES string of the molecule is C=CCn1cc(CN(CC)Cc2noc(CC(C)C)n2)c(C)n1. The molecule has 2 heterocycles. The van der Waals surface area contributed by atoms with Gasteiger partial charge in [-0.2, -0.15) is 10.1 Å². The first-order chi connectivity index (χ1) is 11.0. The normalized spacial score (nSPS) is 11.6. The van der Waals surface area contributed by atoms with E-state index in [4.69, 9.17) is 4.52 Å². The largest absolute Gasteiger partial charge is 0.339 e. The predicted octanol–water partition coefficient (Wildman–Crippen LogP) is 2.98. The van der Waals surface area contributed by atoms with Crippen molar-refractivity contribution in [2.45, 2.75) is 53.8 Å². The van der Waals surface area contributed by atoms with E-state index in [9.17, 15) is 0 Å². The topological polar surface area (TPSA) is 60.0 Å². The molecule has 0 fully saturated rings. The minimum absolute atomic E-state index is 0.518. The van der Waals surface area contributed by atoms with Crippen LogP contribution in [0.2, 0.25) is 0 Å². The number of rotatable bonds is 9. The van der Waals surface area contributed by atoms with Crippen LogP contribution in [0.15, 0.2) is 23.4 Å². The van der Waals surface area contributed by atoms with E-state index in [0.29, 0.717) is 12.5 Å². The van der Waals surface area contributed by atoms with Gasteiger partial charge in [-0.25, -0.2) is 0 Å². The van der Waals surface area contributed by atoms with E-state index in [1.54, 1.807) is 0 Å². The Bertz CT molecular complexity index is 629. The van der Waals surface area contributed by atoms with Crippen LogP contribution in [0.3, 0.4) is 0 Å². The maximum absolute atomic E-state index is 5.32. The summed E-state index contributed by atoms with van der Waals surface area (Å²) in [4.78, 5) is 6.77. The zero-order valence-corrected chi connectivity index (χ0v) is 14.6. The van der Waals surface area contributed by atoms with Crippen LogP contribution in [0.5, 0.6) is 0 Å². The molecule has 0 saturated heterocycles. The number of allylic oxidation sites excluding steroid dienone is 1. The van der Waals surface area contributed by atoms with Crippen molar-refractivity contribution < 1.29 is 4.52 Å². The highest BCUT2D eigenvalue weighted by molar-refractivity contribution is 5.15. The van der Waals surface area contributed by atoms with E-state index in [0.717, 1.165) is 43.5 Å². The van der Waals surface area contributed by atoms with E-state index in [1.807, 2.05) is 17.7 Å². The smallest absolute Gasteiger partial charge is 0.226 e. The summed E-state index contributed by atoms with van der Waals surface area (Å²) in [5.41, 5.74) is 2.28. The molecular formula is C17H27N5O. The fourth-order valence-corrected chi connectivity index (χ4v) is 2.45. The van der Waals surface area contributed by atoms with Gasteiger partial charge < -0.3 is 4.52 Å². The Kier molecular flexibility index (Phi) is 6.10. The molecule has 0 aliphatic heterocycles. The van der Waals surface area contributed by atoms with Crippen LogP contribution >= 0.6 is 0 Å². The van der Waals surface area contributed by atoms with E-state index in [-0.39, 0.29) is 0 Å². The second-order valence-electron chi connectivity index (χ2n) is 6.26. The lowest BCUT2D eigenvalue weighted by Crippen LogP contribution is -2.23. The summed E-state index contributed by atoms with van der Waals surface area (Å²) in [6, 6.07) is 0. The van der Waals surface area contributed by atoms with Crippen molar-refractivity contribution in [3.63, 3.8) is 0 Å². The molecule has 126 valence electrons. The molecule has 0 atom stereocenters. The van der Waals surface area contributed by atoms with E-state index < -0.39 is 0 Å². The molecule has 2 rings (SSSR count). The summed E-state index contributed by atoms with van der Waals surface area (Å²) in [6.07, 6.45) is 4.76. The molecular weight excluding hydrogens is 290 g/mol. The zero-order chi connectivity index (χ0) is 16.8. The molecule has 23 heavy (non-hydrogen) atoms. The minimum Gasteiger partial charge on any atom is -0.339 e. The van der Waals surface area contributed by atoms with Crippen molar-refractivity contribution in [2.24, 2.45) is 5.92 Å². The fraction of sp³-hybridized carbons (Fsp3) is 0.588. The molecule has 6 heteroatoms. The Hall–Kier alpha value is -1.95. The molecule has 2 aromatic rings. The molecule has 0 aromatic carbocycles. The molecule has 0 aliphatic rings. The highest BCUT2D eigenvalue weighted by atomic mass is 16.5. The lowest BCUT2D eigenvalue weighted by molar-refractivity contribution is 0.258. The first-order valence-corrected chi connectivity index (χ1v) is 8.19. The van der Waals surface area contributed by atoms with Gasteiger partial charge in [0, 0.05) is 24.7 Å². The van der Waals surface area contributed by atoms with Crippen molar-refractivity contribution in [1.29, 1.82) is 0 Å². The third kappa shape index (κ3) is 5.03. The lowest BCUT2D eigenvalue weighted by Gasteiger charge is -2.17. The first-order valence-electron chi connectivity index (χ1n) is 8.19. The van der Waals surface area contributed by atoms with Gasteiger partial charge in [0.05, 0.1) is 18.8 Å². The summed E-state index contributed by atoms with van der Waals surface area (Å²) in [6.45, 7) is 15.4. The van der Waals surface area contributed by atoms with Crippen molar-refractivity contribution in [1.82, 2.24) is 24.8 Å². The van der Waals surface area contributed by atoms with E-state index in [2.05, 4.69) is 53.7 Å². The molecule has 0 radical (unpaired) electrons. The van der Waals surface area contributed by atoms with Gasteiger partial charge in [-0.15, -0.1) is 6.58 Å². The minimum atomic E-state index is 0.518. The van der Waals surface area contributed by atoms with Gasteiger partial charge in [0.2, 0.25) is 5.89 Å². The van der Waals surface area contributed by atoms with Crippen molar-refractivity contribution in [2.75, 3.05) is 6.54 Å². The summed E-state index contributed by atoms with van der Waals surface area (Å²) in [5, 5.41) is 8.59. The molecule has 2 aromatic heterocycles. The van der Waals surface area contributed by atoms with Gasteiger partial charge >= 0.3 is 0 Å². The monoisotopic (exact) mass is 317 g/mol. The lowest BCUT2D eigenvalue weighted by atomic mass is 10.1. The summed E-state index contributed by atoms with van der Waals surface area (Å²) >= 11 is 0.